The highest BCUT2D eigenvalue weighted by Gasteiger charge is 2.63. The second kappa shape index (κ2) is 8.75. The van der Waals surface area contributed by atoms with Crippen LogP contribution in [-0.4, -0.2) is 35.7 Å². The third-order valence-corrected chi connectivity index (χ3v) is 5.80. The van der Waals surface area contributed by atoms with E-state index in [4.69, 9.17) is 9.47 Å². The summed E-state index contributed by atoms with van der Waals surface area (Å²) in [6.45, 7) is 4.13. The van der Waals surface area contributed by atoms with Crippen LogP contribution in [0.2, 0.25) is 0 Å². The molecule has 0 saturated carbocycles. The average Bonchev–Trinajstić information content (AvgIpc) is 2.84. The van der Waals surface area contributed by atoms with Crippen LogP contribution in [0.3, 0.4) is 0 Å². The van der Waals surface area contributed by atoms with Gasteiger partial charge in [-0.1, -0.05) is 67.2 Å². The number of β-lactam (4-membered cyclic amide) rings is 1. The summed E-state index contributed by atoms with van der Waals surface area (Å²) < 4.78 is 10.9. The highest BCUT2D eigenvalue weighted by molar-refractivity contribution is 6.05. The Bertz CT molecular complexity index is 1150. The van der Waals surface area contributed by atoms with Gasteiger partial charge in [0.15, 0.2) is 0 Å². The van der Waals surface area contributed by atoms with Crippen molar-refractivity contribution in [2.24, 2.45) is 0 Å². The average molecular weight is 428 g/mol. The number of rotatable bonds is 7. The Morgan fingerprint density at radius 1 is 1.00 bits per heavy atom. The molecule has 0 bridgehead atoms. The molecule has 3 aromatic rings. The number of nitrogens with zero attached hydrogens (tertiary/aromatic N) is 1. The molecule has 1 saturated heterocycles. The van der Waals surface area contributed by atoms with E-state index in [9.17, 15) is 9.90 Å². The highest BCUT2D eigenvalue weighted by atomic mass is 16.5. The van der Waals surface area contributed by atoms with Gasteiger partial charge in [0.25, 0.3) is 5.91 Å². The van der Waals surface area contributed by atoms with Crippen molar-refractivity contribution in [3.63, 3.8) is 0 Å². The Kier molecular flexibility index (Phi) is 5.87. The van der Waals surface area contributed by atoms with Crippen LogP contribution in [0.4, 0.5) is 0 Å². The quantitative estimate of drug-likeness (QED) is 0.449. The second-order valence-corrected chi connectivity index (χ2v) is 7.65. The molecule has 0 aliphatic carbocycles. The maximum absolute atomic E-state index is 13.5. The van der Waals surface area contributed by atoms with Crippen LogP contribution in [0.1, 0.15) is 22.7 Å². The third-order valence-electron chi connectivity index (χ3n) is 5.80. The van der Waals surface area contributed by atoms with Gasteiger partial charge in [-0.2, -0.15) is 0 Å². The summed E-state index contributed by atoms with van der Waals surface area (Å²) in [7, 11) is 3.13. The molecular weight excluding hydrogens is 402 g/mol. The molecule has 1 heterocycles. The molecule has 32 heavy (non-hydrogen) atoms. The maximum Gasteiger partial charge on any atom is 0.263 e. The number of aliphatic hydroxyl groups is 1. The van der Waals surface area contributed by atoms with Crippen LogP contribution in [0.25, 0.3) is 5.57 Å². The Morgan fingerprint density at radius 3 is 2.09 bits per heavy atom. The number of likely N-dealkylation sites (tertiary alicyclic amines) is 1. The molecule has 1 aliphatic rings. The van der Waals surface area contributed by atoms with Crippen LogP contribution in [0.5, 0.6) is 11.5 Å². The lowest BCUT2D eigenvalue weighted by molar-refractivity contribution is -0.181. The van der Waals surface area contributed by atoms with Gasteiger partial charge in [-0.05, 0) is 28.8 Å². The van der Waals surface area contributed by atoms with Gasteiger partial charge in [-0.3, -0.25) is 4.79 Å². The number of carbonyl (C=O) groups is 1. The summed E-state index contributed by atoms with van der Waals surface area (Å²) in [6.07, 6.45) is 0. The lowest BCUT2D eigenvalue weighted by Crippen LogP contribution is -2.68. The van der Waals surface area contributed by atoms with E-state index in [0.29, 0.717) is 34.7 Å². The van der Waals surface area contributed by atoms with Crippen LogP contribution < -0.4 is 9.47 Å². The smallest absolute Gasteiger partial charge is 0.263 e. The molecule has 4 rings (SSSR count). The summed E-state index contributed by atoms with van der Waals surface area (Å²) in [5.41, 5.74) is 3.72. The third kappa shape index (κ3) is 3.58. The number of ether oxygens (including phenoxy) is 2. The minimum absolute atomic E-state index is 0.346. The molecule has 0 aromatic heterocycles. The highest BCUT2D eigenvalue weighted by Crippen LogP contribution is 2.51. The predicted molar refractivity (Wildman–Crippen MR) is 123 cm³/mol. The molecule has 1 fully saturated rings. The Morgan fingerprint density at radius 2 is 1.56 bits per heavy atom. The molecule has 0 radical (unpaired) electrons. The van der Waals surface area contributed by atoms with Gasteiger partial charge in [0.1, 0.15) is 17.5 Å². The van der Waals surface area contributed by atoms with Crippen molar-refractivity contribution in [1.29, 1.82) is 0 Å². The zero-order valence-electron chi connectivity index (χ0n) is 18.1. The molecule has 1 N–H and O–H groups in total. The lowest BCUT2D eigenvalue weighted by atomic mass is 9.71. The topological polar surface area (TPSA) is 59.0 Å². The normalized spacial score (nSPS) is 19.7. The molecule has 0 unspecified atom stereocenters. The Labute approximate surface area is 187 Å². The predicted octanol–water partition coefficient (Wildman–Crippen LogP) is 4.39. The summed E-state index contributed by atoms with van der Waals surface area (Å²) in [4.78, 5) is 15.1. The molecule has 1 amide bonds. The van der Waals surface area contributed by atoms with E-state index in [2.05, 4.69) is 12.3 Å². The zero-order valence-corrected chi connectivity index (χ0v) is 18.1. The minimum Gasteiger partial charge on any atom is -0.497 e. The zero-order chi connectivity index (χ0) is 22.7. The van der Waals surface area contributed by atoms with E-state index in [1.165, 1.54) is 0 Å². The van der Waals surface area contributed by atoms with Gasteiger partial charge < -0.3 is 19.5 Å². The Balaban J connectivity index is 1.84. The van der Waals surface area contributed by atoms with Crippen molar-refractivity contribution in [2.45, 2.75) is 18.2 Å². The van der Waals surface area contributed by atoms with Gasteiger partial charge in [0, 0.05) is 18.2 Å². The fourth-order valence-corrected chi connectivity index (χ4v) is 4.27. The van der Waals surface area contributed by atoms with Gasteiger partial charge in [0.2, 0.25) is 5.60 Å². The first kappa shape index (κ1) is 21.4. The van der Waals surface area contributed by atoms with Gasteiger partial charge >= 0.3 is 0 Å². The first-order valence-corrected chi connectivity index (χ1v) is 10.3. The minimum atomic E-state index is -1.82. The van der Waals surface area contributed by atoms with Crippen molar-refractivity contribution in [3.05, 3.63) is 108 Å². The van der Waals surface area contributed by atoms with Gasteiger partial charge in [0.05, 0.1) is 14.2 Å². The first-order valence-electron chi connectivity index (χ1n) is 10.3. The molecular formula is C27H25NO4. The number of carbonyl (C=O) groups excluding carboxylic acids is 1. The SMILES string of the molecule is C=C=C(c1ccccc1)[C@]1(O)C(=O)N(Cc2ccccc2)[C@H]1c1cc(OC)cc(OC)c1. The maximum atomic E-state index is 13.5. The lowest BCUT2D eigenvalue weighted by Gasteiger charge is -2.53. The monoisotopic (exact) mass is 427 g/mol. The van der Waals surface area contributed by atoms with E-state index in [1.807, 2.05) is 72.8 Å². The summed E-state index contributed by atoms with van der Waals surface area (Å²) >= 11 is 0. The number of hydrogen-bond acceptors (Lipinski definition) is 4. The molecule has 162 valence electrons. The van der Waals surface area contributed by atoms with Crippen LogP contribution >= 0.6 is 0 Å². The summed E-state index contributed by atoms with van der Waals surface area (Å²) in [5, 5.41) is 11.9. The van der Waals surface area contributed by atoms with Crippen molar-refractivity contribution in [3.8, 4) is 11.5 Å². The van der Waals surface area contributed by atoms with Crippen molar-refractivity contribution >= 4 is 11.5 Å². The number of benzene rings is 3. The Hall–Kier alpha value is -3.79. The van der Waals surface area contributed by atoms with Crippen molar-refractivity contribution in [2.75, 3.05) is 14.2 Å². The summed E-state index contributed by atoms with van der Waals surface area (Å²) in [6, 6.07) is 23.6. The molecule has 3 aromatic carbocycles. The standard InChI is InChI=1S/C27H25NO4/c1-4-24(20-13-9-6-10-14-20)27(30)25(21-15-22(31-2)17-23(16-21)32-3)28(26(27)29)18-19-11-7-5-8-12-19/h5-17,25,30H,1,18H2,2-3H3/t25-,27+/m0/s1. The van der Waals surface area contributed by atoms with E-state index in [1.54, 1.807) is 25.2 Å². The molecule has 5 heteroatoms. The number of amides is 1. The van der Waals surface area contributed by atoms with E-state index in [0.717, 1.165) is 5.56 Å². The van der Waals surface area contributed by atoms with Gasteiger partial charge in [-0.15, -0.1) is 5.73 Å². The second-order valence-electron chi connectivity index (χ2n) is 7.65. The first-order chi connectivity index (χ1) is 15.5. The fourth-order valence-electron chi connectivity index (χ4n) is 4.27. The van der Waals surface area contributed by atoms with E-state index < -0.39 is 17.6 Å². The van der Waals surface area contributed by atoms with Crippen molar-refractivity contribution < 1.29 is 19.4 Å². The van der Waals surface area contributed by atoms with Gasteiger partial charge in [-0.25, -0.2) is 0 Å². The van der Waals surface area contributed by atoms with Crippen LogP contribution in [0, 0.1) is 0 Å². The van der Waals surface area contributed by atoms with Crippen LogP contribution in [-0.2, 0) is 11.3 Å². The molecule has 0 spiro atoms. The molecule has 2 atom stereocenters. The fraction of sp³-hybridized carbons (Fsp3) is 0.185. The molecule has 5 nitrogen and oxygen atoms in total. The molecule has 1 aliphatic heterocycles. The van der Waals surface area contributed by atoms with E-state index in [-0.39, 0.29) is 0 Å². The van der Waals surface area contributed by atoms with Crippen LogP contribution in [0.15, 0.2) is 91.2 Å². The summed E-state index contributed by atoms with van der Waals surface area (Å²) in [5.74, 6) is 0.747. The number of hydrogen-bond donors (Lipinski definition) is 1. The van der Waals surface area contributed by atoms with Crippen molar-refractivity contribution in [1.82, 2.24) is 4.90 Å². The number of methoxy groups -OCH3 is 2. The van der Waals surface area contributed by atoms with E-state index >= 15 is 0 Å². The largest absolute Gasteiger partial charge is 0.497 e.